The Kier molecular flexibility index (Phi) is 6.37. The average Bonchev–Trinajstić information content (AvgIpc) is 3.05. The van der Waals surface area contributed by atoms with Gasteiger partial charge in [0.2, 0.25) is 0 Å². The van der Waals surface area contributed by atoms with Gasteiger partial charge >= 0.3 is 0 Å². The minimum Gasteiger partial charge on any atom is -0.465 e. The Morgan fingerprint density at radius 2 is 2.12 bits per heavy atom. The SMILES string of the molecule is CN=C(NCC(c1ccc(C)o1)N1CCOCC1)N1CCCC(C)C1. The molecule has 0 spiro atoms. The van der Waals surface area contributed by atoms with Crippen molar-refractivity contribution in [3.05, 3.63) is 23.7 Å². The molecule has 6 nitrogen and oxygen atoms in total. The summed E-state index contributed by atoms with van der Waals surface area (Å²) in [6.45, 7) is 10.7. The van der Waals surface area contributed by atoms with E-state index in [-0.39, 0.29) is 6.04 Å². The predicted octanol–water partition coefficient (Wildman–Crippen LogP) is 2.27. The Balaban J connectivity index is 1.66. The molecule has 0 bridgehead atoms. The second-order valence-electron chi connectivity index (χ2n) is 7.23. The van der Waals surface area contributed by atoms with Crippen LogP contribution in [0.5, 0.6) is 0 Å². The standard InChI is InChI=1S/C19H32N4O2/c1-15-5-4-8-23(14-15)19(20-3)21-13-17(18-7-6-16(2)25-18)22-9-11-24-12-10-22/h6-7,15,17H,4-5,8-14H2,1-3H3,(H,20,21). The van der Waals surface area contributed by atoms with Gasteiger partial charge in [-0.2, -0.15) is 0 Å². The fourth-order valence-electron chi connectivity index (χ4n) is 3.83. The summed E-state index contributed by atoms with van der Waals surface area (Å²) in [6, 6.07) is 4.35. The highest BCUT2D eigenvalue weighted by molar-refractivity contribution is 5.80. The van der Waals surface area contributed by atoms with Gasteiger partial charge in [-0.1, -0.05) is 6.92 Å². The second-order valence-corrected chi connectivity index (χ2v) is 7.23. The van der Waals surface area contributed by atoms with E-state index in [1.807, 2.05) is 20.0 Å². The number of nitrogens with zero attached hydrogens (tertiary/aromatic N) is 3. The van der Waals surface area contributed by atoms with Gasteiger partial charge in [0.25, 0.3) is 0 Å². The van der Waals surface area contributed by atoms with Crippen molar-refractivity contribution in [2.75, 3.05) is 53.0 Å². The van der Waals surface area contributed by atoms with Crippen LogP contribution >= 0.6 is 0 Å². The third-order valence-corrected chi connectivity index (χ3v) is 5.20. The Morgan fingerprint density at radius 3 is 2.76 bits per heavy atom. The Labute approximate surface area is 151 Å². The molecule has 3 heterocycles. The highest BCUT2D eigenvalue weighted by Crippen LogP contribution is 2.23. The molecule has 0 aromatic carbocycles. The summed E-state index contributed by atoms with van der Waals surface area (Å²) in [6.07, 6.45) is 2.56. The van der Waals surface area contributed by atoms with Gasteiger partial charge in [0.1, 0.15) is 11.5 Å². The Hall–Kier alpha value is -1.53. The lowest BCUT2D eigenvalue weighted by atomic mass is 10.0. The van der Waals surface area contributed by atoms with Crippen LogP contribution in [0.1, 0.15) is 37.3 Å². The van der Waals surface area contributed by atoms with Crippen molar-refractivity contribution < 1.29 is 9.15 Å². The summed E-state index contributed by atoms with van der Waals surface area (Å²) in [7, 11) is 1.88. The Bertz CT molecular complexity index is 566. The third kappa shape index (κ3) is 4.76. The average molecular weight is 348 g/mol. The van der Waals surface area contributed by atoms with E-state index in [0.29, 0.717) is 0 Å². The van der Waals surface area contributed by atoms with Gasteiger partial charge in [-0.15, -0.1) is 0 Å². The van der Waals surface area contributed by atoms with Gasteiger partial charge in [0.15, 0.2) is 5.96 Å². The summed E-state index contributed by atoms with van der Waals surface area (Å²) in [4.78, 5) is 9.35. The summed E-state index contributed by atoms with van der Waals surface area (Å²) >= 11 is 0. The molecule has 2 unspecified atom stereocenters. The van der Waals surface area contributed by atoms with Crippen LogP contribution in [0.3, 0.4) is 0 Å². The van der Waals surface area contributed by atoms with Crippen LogP contribution in [0, 0.1) is 12.8 Å². The molecule has 1 aromatic heterocycles. The fourth-order valence-corrected chi connectivity index (χ4v) is 3.83. The molecule has 0 radical (unpaired) electrons. The molecule has 2 saturated heterocycles. The number of aliphatic imine (C=N–C) groups is 1. The quantitative estimate of drug-likeness (QED) is 0.668. The molecule has 2 aliphatic heterocycles. The van der Waals surface area contributed by atoms with E-state index in [1.165, 1.54) is 12.8 Å². The number of aryl methyl sites for hydroxylation is 1. The topological polar surface area (TPSA) is 53.2 Å². The number of hydrogen-bond donors (Lipinski definition) is 1. The summed E-state index contributed by atoms with van der Waals surface area (Å²) < 4.78 is 11.5. The number of furan rings is 1. The first kappa shape index (κ1) is 18.3. The number of guanidine groups is 1. The van der Waals surface area contributed by atoms with Crippen LogP contribution in [0.4, 0.5) is 0 Å². The third-order valence-electron chi connectivity index (χ3n) is 5.20. The van der Waals surface area contributed by atoms with E-state index in [9.17, 15) is 0 Å². The molecular weight excluding hydrogens is 316 g/mol. The first-order valence-electron chi connectivity index (χ1n) is 9.51. The number of piperidine rings is 1. The highest BCUT2D eigenvalue weighted by atomic mass is 16.5. The molecule has 3 rings (SSSR count). The molecule has 0 amide bonds. The van der Waals surface area contributed by atoms with Crippen molar-refractivity contribution in [3.8, 4) is 0 Å². The number of rotatable bonds is 4. The van der Waals surface area contributed by atoms with E-state index in [1.54, 1.807) is 0 Å². The second kappa shape index (κ2) is 8.72. The monoisotopic (exact) mass is 348 g/mol. The molecule has 6 heteroatoms. The molecule has 0 aliphatic carbocycles. The maximum absolute atomic E-state index is 5.95. The van der Waals surface area contributed by atoms with Crippen molar-refractivity contribution in [2.24, 2.45) is 10.9 Å². The maximum atomic E-state index is 5.95. The van der Waals surface area contributed by atoms with E-state index >= 15 is 0 Å². The summed E-state index contributed by atoms with van der Waals surface area (Å²) in [5, 5.41) is 3.60. The van der Waals surface area contributed by atoms with Crippen LogP contribution in [-0.2, 0) is 4.74 Å². The van der Waals surface area contributed by atoms with Gasteiger partial charge in [-0.3, -0.25) is 9.89 Å². The lowest BCUT2D eigenvalue weighted by Crippen LogP contribution is -2.49. The first-order chi connectivity index (χ1) is 12.2. The highest BCUT2D eigenvalue weighted by Gasteiger charge is 2.26. The number of morpholine rings is 1. The minimum atomic E-state index is 0.205. The van der Waals surface area contributed by atoms with Gasteiger partial charge in [-0.05, 0) is 37.8 Å². The normalized spacial score (nSPS) is 24.4. The predicted molar refractivity (Wildman–Crippen MR) is 99.9 cm³/mol. The molecule has 2 atom stereocenters. The lowest BCUT2D eigenvalue weighted by Gasteiger charge is -2.36. The van der Waals surface area contributed by atoms with E-state index in [4.69, 9.17) is 9.15 Å². The zero-order valence-electron chi connectivity index (χ0n) is 15.8. The molecule has 140 valence electrons. The van der Waals surface area contributed by atoms with Gasteiger partial charge in [0, 0.05) is 39.8 Å². The molecule has 1 N–H and O–H groups in total. The minimum absolute atomic E-state index is 0.205. The maximum Gasteiger partial charge on any atom is 0.193 e. The number of hydrogen-bond acceptors (Lipinski definition) is 4. The van der Waals surface area contributed by atoms with Crippen molar-refractivity contribution in [1.82, 2.24) is 15.1 Å². The molecule has 25 heavy (non-hydrogen) atoms. The van der Waals surface area contributed by atoms with Crippen LogP contribution in [-0.4, -0.2) is 68.7 Å². The fraction of sp³-hybridized carbons (Fsp3) is 0.737. The van der Waals surface area contributed by atoms with E-state index in [2.05, 4.69) is 33.1 Å². The smallest absolute Gasteiger partial charge is 0.193 e. The van der Waals surface area contributed by atoms with Gasteiger partial charge < -0.3 is 19.4 Å². The summed E-state index contributed by atoms with van der Waals surface area (Å²) in [5.41, 5.74) is 0. The molecule has 2 fully saturated rings. The Morgan fingerprint density at radius 1 is 1.32 bits per heavy atom. The van der Waals surface area contributed by atoms with Gasteiger partial charge in [-0.25, -0.2) is 0 Å². The lowest BCUT2D eigenvalue weighted by molar-refractivity contribution is 0.0123. The van der Waals surface area contributed by atoms with E-state index in [0.717, 1.165) is 69.3 Å². The number of likely N-dealkylation sites (tertiary alicyclic amines) is 1. The molecule has 0 saturated carbocycles. The van der Waals surface area contributed by atoms with E-state index < -0.39 is 0 Å². The van der Waals surface area contributed by atoms with Crippen LogP contribution in [0.15, 0.2) is 21.5 Å². The number of ether oxygens (including phenoxy) is 1. The summed E-state index contributed by atoms with van der Waals surface area (Å²) in [5.74, 6) is 3.72. The molecule has 1 aromatic rings. The van der Waals surface area contributed by atoms with Crippen molar-refractivity contribution in [2.45, 2.75) is 32.7 Å². The molecular formula is C19H32N4O2. The van der Waals surface area contributed by atoms with Crippen molar-refractivity contribution in [1.29, 1.82) is 0 Å². The molecule has 2 aliphatic rings. The number of nitrogens with one attached hydrogen (secondary N) is 1. The largest absolute Gasteiger partial charge is 0.465 e. The van der Waals surface area contributed by atoms with Crippen LogP contribution in [0.2, 0.25) is 0 Å². The van der Waals surface area contributed by atoms with Crippen LogP contribution < -0.4 is 5.32 Å². The first-order valence-corrected chi connectivity index (χ1v) is 9.51. The zero-order valence-corrected chi connectivity index (χ0v) is 15.8. The van der Waals surface area contributed by atoms with Crippen molar-refractivity contribution in [3.63, 3.8) is 0 Å². The van der Waals surface area contributed by atoms with Gasteiger partial charge in [0.05, 0.1) is 19.3 Å². The van der Waals surface area contributed by atoms with Crippen molar-refractivity contribution >= 4 is 5.96 Å². The van der Waals surface area contributed by atoms with Crippen LogP contribution in [0.25, 0.3) is 0 Å². The zero-order chi connectivity index (χ0) is 17.6.